The zero-order valence-corrected chi connectivity index (χ0v) is 15.5. The minimum Gasteiger partial charge on any atom is -0.384 e. The van der Waals surface area contributed by atoms with Crippen LogP contribution in [0.2, 0.25) is 0 Å². The number of nitrogens with zero attached hydrogens (tertiary/aromatic N) is 4. The molecule has 0 radical (unpaired) electrons. The third-order valence-electron chi connectivity index (χ3n) is 3.92. The highest BCUT2D eigenvalue weighted by Crippen LogP contribution is 2.30. The molecule has 0 fully saturated rings. The van der Waals surface area contributed by atoms with Gasteiger partial charge in [0.15, 0.2) is 5.82 Å². The van der Waals surface area contributed by atoms with E-state index in [0.29, 0.717) is 11.4 Å². The summed E-state index contributed by atoms with van der Waals surface area (Å²) in [5.74, 6) is 0.491. The van der Waals surface area contributed by atoms with Gasteiger partial charge in [0, 0.05) is 21.8 Å². The Morgan fingerprint density at radius 2 is 1.78 bits per heavy atom. The summed E-state index contributed by atoms with van der Waals surface area (Å²) in [6.07, 6.45) is 2.83. The molecule has 0 saturated heterocycles. The van der Waals surface area contributed by atoms with Crippen molar-refractivity contribution in [2.24, 2.45) is 0 Å². The fraction of sp³-hybridized carbons (Fsp3) is 0. The molecule has 4 rings (SSSR count). The second kappa shape index (κ2) is 7.08. The number of aromatic nitrogens is 4. The van der Waals surface area contributed by atoms with Crippen molar-refractivity contribution in [3.63, 3.8) is 0 Å². The van der Waals surface area contributed by atoms with Gasteiger partial charge in [-0.3, -0.25) is 10.1 Å². The molecule has 2 aromatic heterocycles. The largest absolute Gasteiger partial charge is 0.384 e. The molecule has 0 aliphatic rings. The molecule has 2 heterocycles. The number of nitrogens with one attached hydrogen (secondary N) is 1. The first-order valence-electron chi connectivity index (χ1n) is 8.01. The van der Waals surface area contributed by atoms with Crippen LogP contribution in [0.3, 0.4) is 0 Å². The molecular formula is C19H13BrN6O. The Kier molecular flexibility index (Phi) is 4.47. The second-order valence-corrected chi connectivity index (χ2v) is 6.59. The molecule has 0 bridgehead atoms. The van der Waals surface area contributed by atoms with Crippen LogP contribution in [-0.4, -0.2) is 25.8 Å². The van der Waals surface area contributed by atoms with Gasteiger partial charge < -0.3 is 5.73 Å². The lowest BCUT2D eigenvalue weighted by Gasteiger charge is -2.08. The predicted octanol–water partition coefficient (Wildman–Crippen LogP) is 3.68. The van der Waals surface area contributed by atoms with Crippen LogP contribution in [-0.2, 0) is 0 Å². The predicted molar refractivity (Wildman–Crippen MR) is 107 cm³/mol. The Morgan fingerprint density at radius 1 is 1.00 bits per heavy atom. The first kappa shape index (κ1) is 17.0. The number of nitrogen functional groups attached to an aromatic ring is 1. The number of amides is 1. The Labute approximate surface area is 162 Å². The van der Waals surface area contributed by atoms with E-state index in [1.165, 1.54) is 18.6 Å². The van der Waals surface area contributed by atoms with E-state index in [2.05, 4.69) is 41.2 Å². The van der Waals surface area contributed by atoms with Crippen LogP contribution >= 0.6 is 15.9 Å². The second-order valence-electron chi connectivity index (χ2n) is 5.74. The SMILES string of the molecule is Nc1cc(C(=O)Nc2ncnc(-c3cc4ccccc4cc3Br)n2)ccn1. The fourth-order valence-electron chi connectivity index (χ4n) is 2.63. The minimum absolute atomic E-state index is 0.153. The van der Waals surface area contributed by atoms with Gasteiger partial charge in [-0.1, -0.05) is 40.2 Å². The van der Waals surface area contributed by atoms with Gasteiger partial charge >= 0.3 is 0 Å². The lowest BCUT2D eigenvalue weighted by molar-refractivity contribution is 0.102. The summed E-state index contributed by atoms with van der Waals surface area (Å²) in [5.41, 5.74) is 6.79. The number of benzene rings is 2. The van der Waals surface area contributed by atoms with Gasteiger partial charge in [0.25, 0.3) is 5.91 Å². The molecule has 0 unspecified atom stereocenters. The molecule has 132 valence electrons. The van der Waals surface area contributed by atoms with Gasteiger partial charge in [-0.2, -0.15) is 4.98 Å². The Morgan fingerprint density at radius 3 is 2.56 bits per heavy atom. The van der Waals surface area contributed by atoms with Crippen LogP contribution in [0.1, 0.15) is 10.4 Å². The highest BCUT2D eigenvalue weighted by atomic mass is 79.9. The lowest BCUT2D eigenvalue weighted by atomic mass is 10.1. The van der Waals surface area contributed by atoms with Gasteiger partial charge in [0.05, 0.1) is 0 Å². The van der Waals surface area contributed by atoms with Crippen LogP contribution in [0.25, 0.3) is 22.2 Å². The molecule has 0 aliphatic carbocycles. The van der Waals surface area contributed by atoms with Crippen molar-refractivity contribution in [3.8, 4) is 11.4 Å². The van der Waals surface area contributed by atoms with Gasteiger partial charge in [-0.25, -0.2) is 15.0 Å². The average Bonchev–Trinajstić information content (AvgIpc) is 2.67. The standard InChI is InChI=1S/C19H13BrN6O/c20-15-8-12-4-2-1-3-11(12)7-14(15)17-23-10-24-19(25-17)26-18(27)13-5-6-22-16(21)9-13/h1-10H,(H2,21,22)(H,23,24,25,26,27). The fourth-order valence-corrected chi connectivity index (χ4v) is 3.17. The number of hydrogen-bond donors (Lipinski definition) is 2. The van der Waals surface area contributed by atoms with Crippen molar-refractivity contribution >= 4 is 44.4 Å². The first-order valence-corrected chi connectivity index (χ1v) is 8.80. The molecule has 8 heteroatoms. The van der Waals surface area contributed by atoms with E-state index in [-0.39, 0.29) is 17.7 Å². The molecule has 2 aromatic carbocycles. The smallest absolute Gasteiger partial charge is 0.258 e. The molecule has 3 N–H and O–H groups in total. The third kappa shape index (κ3) is 3.61. The number of halogens is 1. The molecule has 4 aromatic rings. The van der Waals surface area contributed by atoms with E-state index in [1.807, 2.05) is 36.4 Å². The van der Waals surface area contributed by atoms with Gasteiger partial charge in [-0.15, -0.1) is 0 Å². The van der Waals surface area contributed by atoms with Gasteiger partial charge in [0.2, 0.25) is 5.95 Å². The number of nitrogens with two attached hydrogens (primary N) is 1. The topological polar surface area (TPSA) is 107 Å². The summed E-state index contributed by atoms with van der Waals surface area (Å²) in [7, 11) is 0. The van der Waals surface area contributed by atoms with Gasteiger partial charge in [0.1, 0.15) is 12.1 Å². The molecule has 0 aliphatic heterocycles. The highest BCUT2D eigenvalue weighted by molar-refractivity contribution is 9.10. The summed E-state index contributed by atoms with van der Waals surface area (Å²) in [6.45, 7) is 0. The third-order valence-corrected chi connectivity index (χ3v) is 4.57. The van der Waals surface area contributed by atoms with Crippen molar-refractivity contribution in [2.75, 3.05) is 11.1 Å². The average molecular weight is 421 g/mol. The van der Waals surface area contributed by atoms with Crippen molar-refractivity contribution in [1.29, 1.82) is 0 Å². The Hall–Kier alpha value is -3.39. The normalized spacial score (nSPS) is 10.7. The zero-order valence-electron chi connectivity index (χ0n) is 13.9. The summed E-state index contributed by atoms with van der Waals surface area (Å²) < 4.78 is 0.853. The molecule has 0 spiro atoms. The number of fused-ring (bicyclic) bond motifs is 1. The van der Waals surface area contributed by atoms with E-state index >= 15 is 0 Å². The monoisotopic (exact) mass is 420 g/mol. The van der Waals surface area contributed by atoms with E-state index < -0.39 is 0 Å². The summed E-state index contributed by atoms with van der Waals surface area (Å²) in [6, 6.07) is 15.0. The molecule has 27 heavy (non-hydrogen) atoms. The number of pyridine rings is 1. The maximum Gasteiger partial charge on any atom is 0.258 e. The molecule has 1 amide bonds. The van der Waals surface area contributed by atoms with E-state index in [1.54, 1.807) is 6.07 Å². The number of rotatable bonds is 3. The zero-order chi connectivity index (χ0) is 18.8. The summed E-state index contributed by atoms with van der Waals surface area (Å²) in [5, 5.41) is 4.82. The lowest BCUT2D eigenvalue weighted by Crippen LogP contribution is -2.15. The molecular weight excluding hydrogens is 408 g/mol. The molecule has 7 nitrogen and oxygen atoms in total. The quantitative estimate of drug-likeness (QED) is 0.523. The van der Waals surface area contributed by atoms with Crippen molar-refractivity contribution in [2.45, 2.75) is 0 Å². The first-order chi connectivity index (χ1) is 13.1. The highest BCUT2D eigenvalue weighted by Gasteiger charge is 2.12. The number of anilines is 2. The molecule has 0 saturated carbocycles. The van der Waals surface area contributed by atoms with Crippen LogP contribution < -0.4 is 11.1 Å². The van der Waals surface area contributed by atoms with Crippen molar-refractivity contribution < 1.29 is 4.79 Å². The number of carbonyl (C=O) groups is 1. The van der Waals surface area contributed by atoms with E-state index in [0.717, 1.165) is 20.8 Å². The van der Waals surface area contributed by atoms with Crippen LogP contribution in [0.15, 0.2) is 65.5 Å². The van der Waals surface area contributed by atoms with Crippen molar-refractivity contribution in [3.05, 3.63) is 71.1 Å². The van der Waals surface area contributed by atoms with Crippen LogP contribution in [0.5, 0.6) is 0 Å². The summed E-state index contributed by atoms with van der Waals surface area (Å²) in [4.78, 5) is 28.9. The minimum atomic E-state index is -0.376. The summed E-state index contributed by atoms with van der Waals surface area (Å²) >= 11 is 3.57. The van der Waals surface area contributed by atoms with Crippen molar-refractivity contribution in [1.82, 2.24) is 19.9 Å². The number of carbonyl (C=O) groups excluding carboxylic acids is 1. The maximum absolute atomic E-state index is 12.4. The Balaban J connectivity index is 1.67. The van der Waals surface area contributed by atoms with Crippen LogP contribution in [0, 0.1) is 0 Å². The van der Waals surface area contributed by atoms with E-state index in [9.17, 15) is 4.79 Å². The number of hydrogen-bond acceptors (Lipinski definition) is 6. The van der Waals surface area contributed by atoms with E-state index in [4.69, 9.17) is 5.73 Å². The maximum atomic E-state index is 12.4. The Bertz CT molecular complexity index is 1160. The van der Waals surface area contributed by atoms with Crippen LogP contribution in [0.4, 0.5) is 11.8 Å². The molecule has 0 atom stereocenters. The van der Waals surface area contributed by atoms with Gasteiger partial charge in [-0.05, 0) is 35.0 Å².